The van der Waals surface area contributed by atoms with Gasteiger partial charge in [0, 0.05) is 0 Å². The zero-order chi connectivity index (χ0) is 36.7. The van der Waals surface area contributed by atoms with Gasteiger partial charge >= 0.3 is 0 Å². The summed E-state index contributed by atoms with van der Waals surface area (Å²) in [6, 6.07) is 78.8. The predicted octanol–water partition coefficient (Wildman–Crippen LogP) is 14.9. The Morgan fingerprint density at radius 2 is 0.519 bits per heavy atom. The van der Waals surface area contributed by atoms with Crippen molar-refractivity contribution in [3.8, 4) is 44.5 Å². The summed E-state index contributed by atoms with van der Waals surface area (Å²) in [6.07, 6.45) is 0. The highest BCUT2D eigenvalue weighted by atomic mass is 14.3. The Morgan fingerprint density at radius 3 is 0.889 bits per heavy atom. The SMILES string of the molecule is C/C(=C(\C(=C(/C)c1ccccc1)c1ccc(-c2c(-c3ccccc3)ccc(-c3ccccc3)c2-c2ccccc2)cc1)c1ccccc1)c1ccccc1. The van der Waals surface area contributed by atoms with Crippen molar-refractivity contribution in [2.45, 2.75) is 13.8 Å². The van der Waals surface area contributed by atoms with Crippen LogP contribution in [0.4, 0.5) is 0 Å². The van der Waals surface area contributed by atoms with Gasteiger partial charge in [0.25, 0.3) is 0 Å². The molecule has 0 aliphatic heterocycles. The Morgan fingerprint density at radius 1 is 0.241 bits per heavy atom. The van der Waals surface area contributed by atoms with Crippen molar-refractivity contribution in [2.75, 3.05) is 0 Å². The molecule has 8 aromatic carbocycles. The van der Waals surface area contributed by atoms with Crippen LogP contribution < -0.4 is 0 Å². The van der Waals surface area contributed by atoms with Crippen LogP contribution in [0.1, 0.15) is 36.1 Å². The first-order valence-corrected chi connectivity index (χ1v) is 18.7. The average Bonchev–Trinajstić information content (AvgIpc) is 3.26. The summed E-state index contributed by atoms with van der Waals surface area (Å²) >= 11 is 0. The van der Waals surface area contributed by atoms with Gasteiger partial charge in [0.2, 0.25) is 0 Å². The summed E-state index contributed by atoms with van der Waals surface area (Å²) in [6.45, 7) is 4.53. The molecule has 8 aromatic rings. The minimum atomic E-state index is 1.18. The van der Waals surface area contributed by atoms with Crippen molar-refractivity contribution in [3.05, 3.63) is 241 Å². The second-order valence-corrected chi connectivity index (χ2v) is 13.7. The number of rotatable bonds is 9. The fraction of sp³-hybridized carbons (Fsp3) is 0.0370. The van der Waals surface area contributed by atoms with Gasteiger partial charge in [-0.3, -0.25) is 0 Å². The molecule has 0 nitrogen and oxygen atoms in total. The molecule has 0 unspecified atom stereocenters. The summed E-state index contributed by atoms with van der Waals surface area (Å²) in [4.78, 5) is 0. The van der Waals surface area contributed by atoms with Crippen LogP contribution in [0.25, 0.3) is 66.8 Å². The summed E-state index contributed by atoms with van der Waals surface area (Å²) < 4.78 is 0. The molecule has 0 saturated carbocycles. The Balaban J connectivity index is 1.40. The van der Waals surface area contributed by atoms with Crippen LogP contribution in [0.2, 0.25) is 0 Å². The normalized spacial score (nSPS) is 12.1. The lowest BCUT2D eigenvalue weighted by atomic mass is 9.81. The van der Waals surface area contributed by atoms with E-state index in [-0.39, 0.29) is 0 Å². The predicted molar refractivity (Wildman–Crippen MR) is 232 cm³/mol. The molecule has 258 valence electrons. The van der Waals surface area contributed by atoms with E-state index in [1.54, 1.807) is 0 Å². The third-order valence-electron chi connectivity index (χ3n) is 10.4. The van der Waals surface area contributed by atoms with Crippen LogP contribution in [-0.4, -0.2) is 0 Å². The monoisotopic (exact) mass is 690 g/mol. The first kappa shape index (κ1) is 34.3. The highest BCUT2D eigenvalue weighted by Gasteiger charge is 2.22. The molecule has 0 aliphatic rings. The van der Waals surface area contributed by atoms with Crippen molar-refractivity contribution in [3.63, 3.8) is 0 Å². The molecule has 0 radical (unpaired) electrons. The third kappa shape index (κ3) is 7.03. The fourth-order valence-electron chi connectivity index (χ4n) is 7.69. The molecule has 0 aromatic heterocycles. The maximum absolute atomic E-state index is 2.33. The van der Waals surface area contributed by atoms with E-state index < -0.39 is 0 Å². The lowest BCUT2D eigenvalue weighted by molar-refractivity contribution is 1.50. The van der Waals surface area contributed by atoms with Crippen LogP contribution in [0, 0.1) is 0 Å². The number of allylic oxidation sites excluding steroid dienone is 4. The highest BCUT2D eigenvalue weighted by molar-refractivity contribution is 6.21. The largest absolute Gasteiger partial charge is 0.0622 e. The molecular weight excluding hydrogens is 649 g/mol. The molecule has 0 heterocycles. The molecule has 0 spiro atoms. The van der Waals surface area contributed by atoms with Gasteiger partial charge in [-0.1, -0.05) is 218 Å². The van der Waals surface area contributed by atoms with Crippen LogP contribution in [-0.2, 0) is 0 Å². The summed E-state index contributed by atoms with van der Waals surface area (Å²) in [7, 11) is 0. The maximum atomic E-state index is 2.33. The van der Waals surface area contributed by atoms with E-state index in [0.29, 0.717) is 0 Å². The molecule has 0 N–H and O–H groups in total. The first-order chi connectivity index (χ1) is 26.7. The average molecular weight is 691 g/mol. The van der Waals surface area contributed by atoms with Crippen molar-refractivity contribution < 1.29 is 0 Å². The molecule has 0 fully saturated rings. The van der Waals surface area contributed by atoms with E-state index in [0.717, 1.165) is 0 Å². The third-order valence-corrected chi connectivity index (χ3v) is 10.4. The maximum Gasteiger partial charge on any atom is -0.00206 e. The molecule has 0 aliphatic carbocycles. The van der Waals surface area contributed by atoms with Gasteiger partial charge in [0.15, 0.2) is 0 Å². The van der Waals surface area contributed by atoms with Gasteiger partial charge in [0.05, 0.1) is 0 Å². The Bertz CT molecular complexity index is 2530. The van der Waals surface area contributed by atoms with Crippen LogP contribution >= 0.6 is 0 Å². The zero-order valence-electron chi connectivity index (χ0n) is 30.8. The lowest BCUT2D eigenvalue weighted by Gasteiger charge is -2.23. The molecule has 0 heteroatoms. The topological polar surface area (TPSA) is 0 Å². The van der Waals surface area contributed by atoms with E-state index in [2.05, 4.69) is 232 Å². The Hall–Kier alpha value is -6.76. The van der Waals surface area contributed by atoms with E-state index >= 15 is 0 Å². The number of hydrogen-bond acceptors (Lipinski definition) is 0. The van der Waals surface area contributed by atoms with Crippen LogP contribution in [0.5, 0.6) is 0 Å². The van der Waals surface area contributed by atoms with Crippen molar-refractivity contribution in [2.24, 2.45) is 0 Å². The van der Waals surface area contributed by atoms with Gasteiger partial charge in [-0.15, -0.1) is 0 Å². The van der Waals surface area contributed by atoms with Gasteiger partial charge in [-0.05, 0) is 103 Å². The fourth-order valence-corrected chi connectivity index (χ4v) is 7.69. The van der Waals surface area contributed by atoms with Crippen molar-refractivity contribution in [1.29, 1.82) is 0 Å². The molecule has 8 rings (SSSR count). The lowest BCUT2D eigenvalue weighted by Crippen LogP contribution is -1.99. The molecule has 0 saturated heterocycles. The second-order valence-electron chi connectivity index (χ2n) is 13.7. The minimum absolute atomic E-state index is 1.18. The Kier molecular flexibility index (Phi) is 10.1. The standard InChI is InChI=1S/C54H42/c1-39(41-21-9-3-10-22-41)51(45-29-17-7-18-30-45)52(40(2)42-23-11-4-12-24-42)47-33-35-48(36-34-47)54-50(44-27-15-6-16-28-44)38-37-49(43-25-13-5-14-26-43)53(54)46-31-19-8-20-32-46/h3-38H,1-2H3/b51-39+,52-40+. The van der Waals surface area contributed by atoms with E-state index in [9.17, 15) is 0 Å². The smallest absolute Gasteiger partial charge is 0.00206 e. The van der Waals surface area contributed by atoms with Crippen molar-refractivity contribution >= 4 is 22.3 Å². The zero-order valence-corrected chi connectivity index (χ0v) is 30.8. The first-order valence-electron chi connectivity index (χ1n) is 18.7. The molecule has 0 atom stereocenters. The van der Waals surface area contributed by atoms with E-state index in [1.807, 2.05) is 0 Å². The number of hydrogen-bond donors (Lipinski definition) is 0. The quantitative estimate of drug-likeness (QED) is 0.104. The summed E-state index contributed by atoms with van der Waals surface area (Å²) in [5.74, 6) is 0. The number of benzene rings is 8. The van der Waals surface area contributed by atoms with E-state index in [4.69, 9.17) is 0 Å². The molecule has 54 heavy (non-hydrogen) atoms. The van der Waals surface area contributed by atoms with Crippen LogP contribution in [0.15, 0.2) is 218 Å². The van der Waals surface area contributed by atoms with Crippen molar-refractivity contribution in [1.82, 2.24) is 0 Å². The molecule has 0 amide bonds. The van der Waals surface area contributed by atoms with Crippen LogP contribution in [0.3, 0.4) is 0 Å². The molecular formula is C54H42. The molecule has 0 bridgehead atoms. The highest BCUT2D eigenvalue weighted by Crippen LogP contribution is 2.47. The summed E-state index contributed by atoms with van der Waals surface area (Å²) in [5, 5.41) is 0. The second kappa shape index (κ2) is 15.9. The Labute approximate surface area is 320 Å². The van der Waals surface area contributed by atoms with Gasteiger partial charge in [-0.2, -0.15) is 0 Å². The van der Waals surface area contributed by atoms with Gasteiger partial charge < -0.3 is 0 Å². The van der Waals surface area contributed by atoms with Gasteiger partial charge in [-0.25, -0.2) is 0 Å². The summed E-state index contributed by atoms with van der Waals surface area (Å²) in [5.41, 5.74) is 19.4. The minimum Gasteiger partial charge on any atom is -0.0622 e. The van der Waals surface area contributed by atoms with E-state index in [1.165, 1.54) is 89.1 Å². The van der Waals surface area contributed by atoms with Gasteiger partial charge in [0.1, 0.15) is 0 Å².